The van der Waals surface area contributed by atoms with Gasteiger partial charge in [0.15, 0.2) is 6.61 Å². The van der Waals surface area contributed by atoms with Crippen LogP contribution in [0.15, 0.2) is 23.6 Å². The molecule has 0 aliphatic carbocycles. The Bertz CT molecular complexity index is 846. The van der Waals surface area contributed by atoms with Crippen molar-refractivity contribution in [2.75, 3.05) is 11.9 Å². The summed E-state index contributed by atoms with van der Waals surface area (Å²) in [5.41, 5.74) is 0.956. The van der Waals surface area contributed by atoms with Crippen molar-refractivity contribution >= 4 is 51.4 Å². The normalized spacial score (nSPS) is 10.9. The predicted molar refractivity (Wildman–Crippen MR) is 86.2 cm³/mol. The number of hydrogen-bond acceptors (Lipinski definition) is 5. The van der Waals surface area contributed by atoms with E-state index >= 15 is 0 Å². The van der Waals surface area contributed by atoms with Crippen LogP contribution in [-0.2, 0) is 4.79 Å². The number of nitrogens with one attached hydrogen (secondary N) is 1. The first kappa shape index (κ1) is 15.1. The Morgan fingerprint density at radius 3 is 3.00 bits per heavy atom. The molecule has 6 nitrogen and oxygen atoms in total. The fourth-order valence-electron chi connectivity index (χ4n) is 1.74. The third-order valence-corrected chi connectivity index (χ3v) is 4.21. The van der Waals surface area contributed by atoms with Crippen LogP contribution in [-0.4, -0.2) is 27.1 Å². The Morgan fingerprint density at radius 2 is 2.27 bits per heavy atom. The fourth-order valence-corrected chi connectivity index (χ4v) is 3.00. The van der Waals surface area contributed by atoms with Crippen LogP contribution in [0.4, 0.5) is 5.95 Å². The molecule has 0 saturated carbocycles. The second kappa shape index (κ2) is 6.12. The quantitative estimate of drug-likeness (QED) is 0.777. The number of benzene rings is 1. The van der Waals surface area contributed by atoms with E-state index in [9.17, 15) is 4.79 Å². The Labute approximate surface area is 139 Å². The van der Waals surface area contributed by atoms with Crippen LogP contribution in [0.25, 0.3) is 4.96 Å². The molecule has 0 saturated heterocycles. The highest BCUT2D eigenvalue weighted by Crippen LogP contribution is 2.27. The lowest BCUT2D eigenvalue weighted by Crippen LogP contribution is -2.21. The highest BCUT2D eigenvalue weighted by atomic mass is 35.5. The molecular formula is C13H10Cl2N4O2S. The number of amides is 1. The monoisotopic (exact) mass is 356 g/mol. The molecule has 1 aromatic carbocycles. The van der Waals surface area contributed by atoms with E-state index in [1.54, 1.807) is 22.7 Å². The number of rotatable bonds is 4. The van der Waals surface area contributed by atoms with Gasteiger partial charge in [-0.1, -0.05) is 23.2 Å². The summed E-state index contributed by atoms with van der Waals surface area (Å²) in [5, 5.41) is 9.54. The summed E-state index contributed by atoms with van der Waals surface area (Å²) in [6, 6.07) is 4.78. The summed E-state index contributed by atoms with van der Waals surface area (Å²) < 4.78 is 7.01. The van der Waals surface area contributed by atoms with Gasteiger partial charge in [-0.2, -0.15) is 4.98 Å². The maximum Gasteiger partial charge on any atom is 0.264 e. The van der Waals surface area contributed by atoms with E-state index in [4.69, 9.17) is 27.9 Å². The van der Waals surface area contributed by atoms with Gasteiger partial charge in [-0.05, 0) is 25.1 Å². The van der Waals surface area contributed by atoms with E-state index in [1.165, 1.54) is 11.3 Å². The number of thiazole rings is 1. The van der Waals surface area contributed by atoms with Gasteiger partial charge in [-0.15, -0.1) is 16.4 Å². The maximum atomic E-state index is 11.9. The smallest absolute Gasteiger partial charge is 0.264 e. The van der Waals surface area contributed by atoms with Crippen molar-refractivity contribution in [2.24, 2.45) is 0 Å². The summed E-state index contributed by atoms with van der Waals surface area (Å²) in [7, 11) is 0. The zero-order chi connectivity index (χ0) is 15.7. The van der Waals surface area contributed by atoms with Crippen molar-refractivity contribution in [1.82, 2.24) is 14.6 Å². The zero-order valence-electron chi connectivity index (χ0n) is 11.3. The molecule has 0 unspecified atom stereocenters. The van der Waals surface area contributed by atoms with Crippen molar-refractivity contribution in [3.05, 3.63) is 39.3 Å². The van der Waals surface area contributed by atoms with Crippen LogP contribution in [0.5, 0.6) is 5.75 Å². The van der Waals surface area contributed by atoms with E-state index in [2.05, 4.69) is 15.4 Å². The van der Waals surface area contributed by atoms with Crippen LogP contribution in [0, 0.1) is 6.92 Å². The molecule has 0 atom stereocenters. The average Bonchev–Trinajstić information content (AvgIpc) is 3.00. The minimum Gasteiger partial charge on any atom is -0.482 e. The number of ether oxygens (including phenoxy) is 1. The van der Waals surface area contributed by atoms with Crippen LogP contribution in [0.3, 0.4) is 0 Å². The first-order valence-corrected chi connectivity index (χ1v) is 7.85. The lowest BCUT2D eigenvalue weighted by Gasteiger charge is -2.07. The highest BCUT2D eigenvalue weighted by molar-refractivity contribution is 7.15. The number of hydrogen-bond donors (Lipinski definition) is 1. The number of aromatic nitrogens is 3. The summed E-state index contributed by atoms with van der Waals surface area (Å²) in [6.07, 6.45) is 0. The number of aryl methyl sites for hydroxylation is 1. The van der Waals surface area contributed by atoms with E-state index < -0.39 is 0 Å². The molecule has 22 heavy (non-hydrogen) atoms. The lowest BCUT2D eigenvalue weighted by atomic mass is 10.3. The summed E-state index contributed by atoms with van der Waals surface area (Å²) in [4.78, 5) is 16.8. The van der Waals surface area contributed by atoms with Gasteiger partial charge >= 0.3 is 0 Å². The van der Waals surface area contributed by atoms with Crippen molar-refractivity contribution in [2.45, 2.75) is 6.92 Å². The number of halogens is 2. The van der Waals surface area contributed by atoms with E-state index in [-0.39, 0.29) is 18.5 Å². The van der Waals surface area contributed by atoms with Crippen LogP contribution < -0.4 is 10.1 Å². The Morgan fingerprint density at radius 1 is 1.45 bits per heavy atom. The van der Waals surface area contributed by atoms with Crippen molar-refractivity contribution in [3.8, 4) is 5.75 Å². The van der Waals surface area contributed by atoms with Crippen molar-refractivity contribution < 1.29 is 9.53 Å². The van der Waals surface area contributed by atoms with E-state index in [0.29, 0.717) is 15.8 Å². The summed E-state index contributed by atoms with van der Waals surface area (Å²) in [5.74, 6) is 0.253. The molecule has 114 valence electrons. The molecule has 0 aliphatic rings. The van der Waals surface area contributed by atoms with Crippen molar-refractivity contribution in [3.63, 3.8) is 0 Å². The van der Waals surface area contributed by atoms with Crippen molar-refractivity contribution in [1.29, 1.82) is 0 Å². The molecule has 9 heteroatoms. The first-order chi connectivity index (χ1) is 10.5. The van der Waals surface area contributed by atoms with Gasteiger partial charge < -0.3 is 4.74 Å². The number of fused-ring (bicyclic) bond motifs is 1. The van der Waals surface area contributed by atoms with Gasteiger partial charge in [0.25, 0.3) is 11.9 Å². The SMILES string of the molecule is Cc1csc2nc(NC(=O)COc3ccc(Cl)cc3Cl)nn12. The molecule has 2 aromatic heterocycles. The topological polar surface area (TPSA) is 68.5 Å². The summed E-state index contributed by atoms with van der Waals surface area (Å²) >= 11 is 13.2. The minimum atomic E-state index is -0.373. The van der Waals surface area contributed by atoms with Gasteiger partial charge in [-0.25, -0.2) is 4.52 Å². The van der Waals surface area contributed by atoms with Gasteiger partial charge in [0.2, 0.25) is 4.96 Å². The first-order valence-electron chi connectivity index (χ1n) is 6.21. The predicted octanol–water partition coefficient (Wildman–Crippen LogP) is 3.42. The lowest BCUT2D eigenvalue weighted by molar-refractivity contribution is -0.118. The van der Waals surface area contributed by atoms with Crippen LogP contribution in [0.2, 0.25) is 10.0 Å². The van der Waals surface area contributed by atoms with Gasteiger partial charge in [0, 0.05) is 10.4 Å². The summed E-state index contributed by atoms with van der Waals surface area (Å²) in [6.45, 7) is 1.71. The molecule has 0 radical (unpaired) electrons. The Hall–Kier alpha value is -1.83. The van der Waals surface area contributed by atoms with Gasteiger partial charge in [0.1, 0.15) is 5.75 Å². The molecule has 0 fully saturated rings. The molecule has 1 N–H and O–H groups in total. The Kier molecular flexibility index (Phi) is 4.19. The number of nitrogens with zero attached hydrogens (tertiary/aromatic N) is 3. The number of carbonyl (C=O) groups excluding carboxylic acids is 1. The molecule has 3 aromatic rings. The fraction of sp³-hybridized carbons (Fsp3) is 0.154. The Balaban J connectivity index is 1.62. The van der Waals surface area contributed by atoms with Gasteiger partial charge in [-0.3, -0.25) is 10.1 Å². The van der Waals surface area contributed by atoms with Gasteiger partial charge in [0.05, 0.1) is 10.7 Å². The molecule has 0 aliphatic heterocycles. The largest absolute Gasteiger partial charge is 0.482 e. The molecule has 0 spiro atoms. The zero-order valence-corrected chi connectivity index (χ0v) is 13.7. The van der Waals surface area contributed by atoms with E-state index in [1.807, 2.05) is 12.3 Å². The third kappa shape index (κ3) is 3.16. The molecule has 3 rings (SSSR count). The highest BCUT2D eigenvalue weighted by Gasteiger charge is 2.11. The minimum absolute atomic E-state index is 0.201. The standard InChI is InChI=1S/C13H10Cl2N4O2S/c1-7-6-22-13-17-12(18-19(7)13)16-11(20)5-21-10-3-2-8(14)4-9(10)15/h2-4,6H,5H2,1H3,(H,16,18,20). The number of anilines is 1. The number of carbonyl (C=O) groups is 1. The molecular weight excluding hydrogens is 347 g/mol. The molecule has 2 heterocycles. The van der Waals surface area contributed by atoms with Crippen LogP contribution in [0.1, 0.15) is 5.69 Å². The van der Waals surface area contributed by atoms with Crippen LogP contribution >= 0.6 is 34.5 Å². The average molecular weight is 357 g/mol. The molecule has 1 amide bonds. The molecule has 0 bridgehead atoms. The third-order valence-electron chi connectivity index (χ3n) is 2.75. The second-order valence-electron chi connectivity index (χ2n) is 4.42. The second-order valence-corrected chi connectivity index (χ2v) is 6.10. The van der Waals surface area contributed by atoms with E-state index in [0.717, 1.165) is 10.7 Å². The maximum absolute atomic E-state index is 11.9.